The van der Waals surface area contributed by atoms with E-state index in [0.717, 1.165) is 22.3 Å². The maximum Gasteiger partial charge on any atom is 0.437 e. The van der Waals surface area contributed by atoms with Gasteiger partial charge in [-0.25, -0.2) is 18.0 Å². The van der Waals surface area contributed by atoms with Gasteiger partial charge in [0.05, 0.1) is 19.1 Å². The van der Waals surface area contributed by atoms with Gasteiger partial charge in [-0.1, -0.05) is 0 Å². The molecule has 0 amide bonds. The molecule has 156 valence electrons. The lowest BCUT2D eigenvalue weighted by atomic mass is 10.2. The average molecular weight is 449 g/mol. The van der Waals surface area contributed by atoms with Crippen LogP contribution in [-0.2, 0) is 21.1 Å². The molecule has 4 rings (SSSR count). The van der Waals surface area contributed by atoms with Gasteiger partial charge in [0.1, 0.15) is 27.6 Å². The number of ether oxygens (including phenoxy) is 1. The molecule has 0 atom stereocenters. The van der Waals surface area contributed by atoms with Gasteiger partial charge in [0.2, 0.25) is 0 Å². The van der Waals surface area contributed by atoms with Gasteiger partial charge in [0.15, 0.2) is 9.84 Å². The first-order chi connectivity index (χ1) is 14.3. The molecule has 0 fully saturated rings. The molecule has 0 radical (unpaired) electrons. The number of rotatable bonds is 6. The normalized spacial score (nSPS) is 11.7. The molecule has 0 bridgehead atoms. The van der Waals surface area contributed by atoms with Gasteiger partial charge < -0.3 is 18.1 Å². The lowest BCUT2D eigenvalue weighted by Crippen LogP contribution is -2.17. The van der Waals surface area contributed by atoms with Gasteiger partial charge in [-0.2, -0.15) is 4.68 Å². The molecule has 10 nitrogen and oxygen atoms in total. The van der Waals surface area contributed by atoms with Crippen LogP contribution in [0.4, 0.5) is 0 Å². The Morgan fingerprint density at radius 1 is 1.30 bits per heavy atom. The summed E-state index contributed by atoms with van der Waals surface area (Å²) in [6, 6.07) is 4.91. The number of hydrogen-bond acceptors (Lipinski definition) is 9. The summed E-state index contributed by atoms with van der Waals surface area (Å²) in [4.78, 5) is 24.6. The zero-order valence-corrected chi connectivity index (χ0v) is 17.4. The summed E-state index contributed by atoms with van der Waals surface area (Å²) in [6.45, 7) is -0.164. The van der Waals surface area contributed by atoms with Gasteiger partial charge in [-0.3, -0.25) is 0 Å². The SMILES string of the molecule is COC(=O)c1ccoc1Cn1nc(-c2scc(S(C)(=O)=O)c2-n2cccc2)oc1=O. The Kier molecular flexibility index (Phi) is 4.95. The summed E-state index contributed by atoms with van der Waals surface area (Å²) >= 11 is 1.09. The van der Waals surface area contributed by atoms with E-state index in [1.165, 1.54) is 24.8 Å². The quantitative estimate of drug-likeness (QED) is 0.410. The summed E-state index contributed by atoms with van der Waals surface area (Å²) in [5, 5.41) is 5.65. The van der Waals surface area contributed by atoms with Crippen LogP contribution in [0.5, 0.6) is 0 Å². The van der Waals surface area contributed by atoms with Crippen LogP contribution in [0.3, 0.4) is 0 Å². The Hall–Kier alpha value is -3.38. The Bertz CT molecular complexity index is 1370. The predicted octanol–water partition coefficient (Wildman–Crippen LogP) is 2.19. The van der Waals surface area contributed by atoms with Crippen molar-refractivity contribution in [1.29, 1.82) is 0 Å². The topological polar surface area (TPSA) is 127 Å². The molecule has 4 heterocycles. The molecule has 0 aromatic carbocycles. The number of furan rings is 1. The van der Waals surface area contributed by atoms with Crippen molar-refractivity contribution >= 4 is 27.1 Å². The largest absolute Gasteiger partial charge is 0.466 e. The van der Waals surface area contributed by atoms with Crippen LogP contribution < -0.4 is 5.76 Å². The minimum atomic E-state index is -3.54. The monoisotopic (exact) mass is 449 g/mol. The molecular weight excluding hydrogens is 434 g/mol. The first-order valence-corrected chi connectivity index (χ1v) is 11.2. The number of carbonyl (C=O) groups is 1. The lowest BCUT2D eigenvalue weighted by molar-refractivity contribution is 0.0598. The van der Waals surface area contributed by atoms with Gasteiger partial charge in [-0.15, -0.1) is 16.4 Å². The van der Waals surface area contributed by atoms with Crippen LogP contribution >= 0.6 is 11.3 Å². The van der Waals surface area contributed by atoms with E-state index >= 15 is 0 Å². The molecule has 0 saturated heterocycles. The van der Waals surface area contributed by atoms with Crippen molar-refractivity contribution < 1.29 is 26.8 Å². The fraction of sp³-hybridized carbons (Fsp3) is 0.167. The minimum Gasteiger partial charge on any atom is -0.466 e. The van der Waals surface area contributed by atoms with Crippen LogP contribution in [0.15, 0.2) is 60.8 Å². The summed E-state index contributed by atoms with van der Waals surface area (Å²) in [5.41, 5.74) is 0.506. The highest BCUT2D eigenvalue weighted by atomic mass is 32.2. The van der Waals surface area contributed by atoms with Crippen molar-refractivity contribution in [2.45, 2.75) is 11.4 Å². The van der Waals surface area contributed by atoms with E-state index in [1.54, 1.807) is 29.1 Å². The van der Waals surface area contributed by atoms with E-state index < -0.39 is 21.6 Å². The number of sulfone groups is 1. The third-order valence-corrected chi connectivity index (χ3v) is 6.46. The molecule has 0 aliphatic carbocycles. The number of aromatic nitrogens is 3. The third-order valence-electron chi connectivity index (χ3n) is 4.24. The van der Waals surface area contributed by atoms with Crippen LogP contribution in [0, 0.1) is 0 Å². The number of hydrogen-bond donors (Lipinski definition) is 0. The standard InChI is InChI=1S/C18H15N3O7S2/c1-26-17(22)11-5-8-27-12(11)9-21-18(23)28-16(19-21)15-14(20-6-3-4-7-20)13(10-29-15)30(2,24)25/h3-8,10H,9H2,1-2H3. The maximum atomic E-state index is 12.3. The molecule has 12 heteroatoms. The van der Waals surface area contributed by atoms with Crippen LogP contribution in [-0.4, -0.2) is 42.1 Å². The number of carbonyl (C=O) groups excluding carboxylic acids is 1. The smallest absolute Gasteiger partial charge is 0.437 e. The maximum absolute atomic E-state index is 12.3. The molecule has 0 aliphatic heterocycles. The summed E-state index contributed by atoms with van der Waals surface area (Å²) in [7, 11) is -2.31. The Morgan fingerprint density at radius 3 is 2.70 bits per heavy atom. The molecular formula is C18H15N3O7S2. The zero-order valence-electron chi connectivity index (χ0n) is 15.8. The van der Waals surface area contributed by atoms with E-state index in [4.69, 9.17) is 8.83 Å². The van der Waals surface area contributed by atoms with Crippen molar-refractivity contribution in [3.8, 4) is 16.5 Å². The van der Waals surface area contributed by atoms with E-state index in [1.807, 2.05) is 0 Å². The number of nitrogens with zero attached hydrogens (tertiary/aromatic N) is 3. The fourth-order valence-electron chi connectivity index (χ4n) is 2.87. The average Bonchev–Trinajstić information content (AvgIpc) is 3.47. The van der Waals surface area contributed by atoms with Crippen LogP contribution in [0.25, 0.3) is 16.5 Å². The first-order valence-electron chi connectivity index (χ1n) is 8.47. The van der Waals surface area contributed by atoms with E-state index in [2.05, 4.69) is 9.84 Å². The van der Waals surface area contributed by atoms with Crippen molar-refractivity contribution in [3.63, 3.8) is 0 Å². The second-order valence-corrected chi connectivity index (χ2v) is 9.08. The highest BCUT2D eigenvalue weighted by Gasteiger charge is 2.26. The molecule has 0 N–H and O–H groups in total. The van der Waals surface area contributed by atoms with Gasteiger partial charge in [-0.05, 0) is 18.2 Å². The number of thiophene rings is 1. The minimum absolute atomic E-state index is 0.0465. The summed E-state index contributed by atoms with van der Waals surface area (Å²) in [6.07, 6.45) is 5.77. The molecule has 0 aliphatic rings. The van der Waals surface area contributed by atoms with Crippen molar-refractivity contribution in [3.05, 3.63) is 64.1 Å². The van der Waals surface area contributed by atoms with Crippen LogP contribution in [0.1, 0.15) is 16.1 Å². The molecule has 0 spiro atoms. The molecule has 30 heavy (non-hydrogen) atoms. The predicted molar refractivity (Wildman–Crippen MR) is 106 cm³/mol. The van der Waals surface area contributed by atoms with E-state index in [-0.39, 0.29) is 28.7 Å². The highest BCUT2D eigenvalue weighted by Crippen LogP contribution is 2.37. The number of methoxy groups -OCH3 is 1. The van der Waals surface area contributed by atoms with Crippen molar-refractivity contribution in [2.75, 3.05) is 13.4 Å². The number of esters is 1. The fourth-order valence-corrected chi connectivity index (χ4v) is 5.18. The first kappa shape index (κ1) is 19.9. The Labute approximate surface area is 173 Å². The molecule has 4 aromatic heterocycles. The van der Waals surface area contributed by atoms with Gasteiger partial charge in [0, 0.05) is 24.0 Å². The summed E-state index contributed by atoms with van der Waals surface area (Å²) < 4.78 is 42.3. The van der Waals surface area contributed by atoms with Crippen molar-refractivity contribution in [2.24, 2.45) is 0 Å². The highest BCUT2D eigenvalue weighted by molar-refractivity contribution is 7.91. The van der Waals surface area contributed by atoms with Crippen LogP contribution in [0.2, 0.25) is 0 Å². The molecule has 0 unspecified atom stereocenters. The van der Waals surface area contributed by atoms with Gasteiger partial charge in [0.25, 0.3) is 5.89 Å². The van der Waals surface area contributed by atoms with Gasteiger partial charge >= 0.3 is 11.7 Å². The second kappa shape index (κ2) is 7.46. The Morgan fingerprint density at radius 2 is 2.03 bits per heavy atom. The van der Waals surface area contributed by atoms with E-state index in [0.29, 0.717) is 10.6 Å². The zero-order chi connectivity index (χ0) is 21.5. The molecule has 0 saturated carbocycles. The van der Waals surface area contributed by atoms with Crippen molar-refractivity contribution in [1.82, 2.24) is 14.3 Å². The Balaban J connectivity index is 1.78. The lowest BCUT2D eigenvalue weighted by Gasteiger charge is -2.06. The third kappa shape index (κ3) is 3.50. The van der Waals surface area contributed by atoms with E-state index in [9.17, 15) is 18.0 Å². The molecule has 4 aromatic rings. The second-order valence-electron chi connectivity index (χ2n) is 6.22. The summed E-state index contributed by atoms with van der Waals surface area (Å²) in [5.74, 6) is -1.27.